The number of primary amides is 1. The first kappa shape index (κ1) is 20.8. The van der Waals surface area contributed by atoms with Crippen molar-refractivity contribution < 1.29 is 14.5 Å². The van der Waals surface area contributed by atoms with E-state index in [9.17, 15) is 19.7 Å². The third-order valence-electron chi connectivity index (χ3n) is 5.07. The van der Waals surface area contributed by atoms with Crippen LogP contribution >= 0.6 is 11.6 Å². The number of carbonyl (C=O) groups excluding carboxylic acids is 2. The van der Waals surface area contributed by atoms with Gasteiger partial charge in [0.05, 0.1) is 4.92 Å². The number of rotatable bonds is 6. The molecule has 29 heavy (non-hydrogen) atoms. The normalized spacial score (nSPS) is 16.2. The van der Waals surface area contributed by atoms with Crippen molar-refractivity contribution in [1.82, 2.24) is 4.90 Å². The molecule has 152 valence electrons. The van der Waals surface area contributed by atoms with E-state index in [1.807, 2.05) is 35.2 Å². The molecule has 9 heteroatoms. The predicted molar refractivity (Wildman–Crippen MR) is 109 cm³/mol. The van der Waals surface area contributed by atoms with E-state index >= 15 is 0 Å². The van der Waals surface area contributed by atoms with E-state index in [0.29, 0.717) is 31.6 Å². The summed E-state index contributed by atoms with van der Waals surface area (Å²) in [7, 11) is 0. The maximum absolute atomic E-state index is 13.1. The molecule has 0 aromatic heterocycles. The zero-order valence-electron chi connectivity index (χ0n) is 15.6. The maximum Gasteiger partial charge on any atom is 0.289 e. The molecule has 1 atom stereocenters. The van der Waals surface area contributed by atoms with Gasteiger partial charge in [-0.2, -0.15) is 0 Å². The summed E-state index contributed by atoms with van der Waals surface area (Å²) in [4.78, 5) is 37.1. The first-order chi connectivity index (χ1) is 13.9. The molecule has 3 rings (SSSR count). The van der Waals surface area contributed by atoms with Crippen LogP contribution in [0.2, 0.25) is 5.02 Å². The number of amides is 2. The van der Waals surface area contributed by atoms with E-state index in [0.717, 1.165) is 5.56 Å². The number of likely N-dealkylation sites (tertiary alicyclic amines) is 1. The molecule has 3 N–H and O–H groups in total. The number of nitrogens with zero attached hydrogens (tertiary/aromatic N) is 2. The summed E-state index contributed by atoms with van der Waals surface area (Å²) < 4.78 is 0. The topological polar surface area (TPSA) is 119 Å². The van der Waals surface area contributed by atoms with Crippen molar-refractivity contribution in [2.75, 3.05) is 18.4 Å². The number of anilines is 1. The lowest BCUT2D eigenvalue weighted by Crippen LogP contribution is -2.44. The quantitative estimate of drug-likeness (QED) is 0.554. The van der Waals surface area contributed by atoms with Crippen molar-refractivity contribution in [1.29, 1.82) is 0 Å². The smallest absolute Gasteiger partial charge is 0.289 e. The number of benzene rings is 2. The standard InChI is InChI=1S/C20H21ClN4O4/c21-16-7-6-15(12-17(16)25(28)29)23-20(27)18(13-4-2-1-3-5-13)24-10-8-14(9-11-24)19(22)26/h1-7,12,14,18H,8-11H2,(H2,22,26)(H,23,27)/t18-/m0/s1. The Morgan fingerprint density at radius 2 is 1.83 bits per heavy atom. The number of nitrogens with two attached hydrogens (primary N) is 1. The van der Waals surface area contributed by atoms with Crippen LogP contribution < -0.4 is 11.1 Å². The molecule has 1 aliphatic heterocycles. The number of piperidine rings is 1. The zero-order chi connectivity index (χ0) is 21.0. The van der Waals surface area contributed by atoms with Gasteiger partial charge >= 0.3 is 0 Å². The molecule has 2 aromatic rings. The fourth-order valence-electron chi connectivity index (χ4n) is 3.55. The van der Waals surface area contributed by atoms with E-state index in [1.54, 1.807) is 0 Å². The summed E-state index contributed by atoms with van der Waals surface area (Å²) >= 11 is 5.85. The minimum Gasteiger partial charge on any atom is -0.369 e. The predicted octanol–water partition coefficient (Wildman–Crippen LogP) is 3.13. The Hall–Kier alpha value is -2.97. The maximum atomic E-state index is 13.1. The Morgan fingerprint density at radius 3 is 2.41 bits per heavy atom. The fourth-order valence-corrected chi connectivity index (χ4v) is 3.73. The third kappa shape index (κ3) is 4.90. The molecule has 0 unspecified atom stereocenters. The van der Waals surface area contributed by atoms with E-state index in [-0.39, 0.29) is 28.4 Å². The van der Waals surface area contributed by atoms with Crippen molar-refractivity contribution in [2.24, 2.45) is 11.7 Å². The van der Waals surface area contributed by atoms with Gasteiger partial charge in [-0.3, -0.25) is 24.6 Å². The molecule has 2 amide bonds. The number of nitro benzene ring substituents is 1. The van der Waals surface area contributed by atoms with Gasteiger partial charge in [0.2, 0.25) is 11.8 Å². The number of nitrogens with one attached hydrogen (secondary N) is 1. The second-order valence-corrected chi connectivity index (χ2v) is 7.35. The molecular formula is C20H21ClN4O4. The number of hydrogen-bond acceptors (Lipinski definition) is 5. The van der Waals surface area contributed by atoms with Crippen LogP contribution in [0.3, 0.4) is 0 Å². The van der Waals surface area contributed by atoms with Crippen LogP contribution in [0.4, 0.5) is 11.4 Å². The molecule has 1 heterocycles. The van der Waals surface area contributed by atoms with Crippen LogP contribution in [0.1, 0.15) is 24.4 Å². The van der Waals surface area contributed by atoms with Gasteiger partial charge in [0.25, 0.3) is 5.69 Å². The number of nitro groups is 1. The number of halogens is 1. The van der Waals surface area contributed by atoms with Crippen molar-refractivity contribution in [3.63, 3.8) is 0 Å². The van der Waals surface area contributed by atoms with Gasteiger partial charge in [-0.15, -0.1) is 0 Å². The fraction of sp³-hybridized carbons (Fsp3) is 0.300. The molecule has 8 nitrogen and oxygen atoms in total. The second-order valence-electron chi connectivity index (χ2n) is 6.94. The van der Waals surface area contributed by atoms with Gasteiger partial charge in [-0.25, -0.2) is 0 Å². The average Bonchev–Trinajstić information content (AvgIpc) is 2.70. The van der Waals surface area contributed by atoms with E-state index in [1.165, 1.54) is 18.2 Å². The highest BCUT2D eigenvalue weighted by Gasteiger charge is 2.32. The summed E-state index contributed by atoms with van der Waals surface area (Å²) in [6.45, 7) is 1.09. The first-order valence-corrected chi connectivity index (χ1v) is 9.57. The molecular weight excluding hydrogens is 396 g/mol. The zero-order valence-corrected chi connectivity index (χ0v) is 16.3. The first-order valence-electron chi connectivity index (χ1n) is 9.20. The summed E-state index contributed by atoms with van der Waals surface area (Å²) in [5, 5.41) is 13.9. The molecule has 0 aliphatic carbocycles. The van der Waals surface area contributed by atoms with Crippen LogP contribution in [-0.4, -0.2) is 34.7 Å². The van der Waals surface area contributed by atoms with Gasteiger partial charge in [0, 0.05) is 17.7 Å². The molecule has 2 aromatic carbocycles. The van der Waals surface area contributed by atoms with Crippen LogP contribution in [0.25, 0.3) is 0 Å². The highest BCUT2D eigenvalue weighted by Crippen LogP contribution is 2.30. The SMILES string of the molecule is NC(=O)C1CCN([C@H](C(=O)Nc2ccc(Cl)c([N+](=O)[O-])c2)c2ccccc2)CC1. The number of carbonyl (C=O) groups is 2. The van der Waals surface area contributed by atoms with Crippen molar-refractivity contribution in [3.05, 3.63) is 69.2 Å². The lowest BCUT2D eigenvalue weighted by molar-refractivity contribution is -0.384. The van der Waals surface area contributed by atoms with Gasteiger partial charge in [-0.05, 0) is 43.6 Å². The van der Waals surface area contributed by atoms with Crippen LogP contribution in [0.5, 0.6) is 0 Å². The average molecular weight is 417 g/mol. The molecule has 0 radical (unpaired) electrons. The van der Waals surface area contributed by atoms with E-state index in [2.05, 4.69) is 5.32 Å². The summed E-state index contributed by atoms with van der Waals surface area (Å²) in [6, 6.07) is 12.8. The van der Waals surface area contributed by atoms with Crippen LogP contribution in [0.15, 0.2) is 48.5 Å². The van der Waals surface area contributed by atoms with Crippen molar-refractivity contribution >= 4 is 34.8 Å². The molecule has 1 fully saturated rings. The van der Waals surface area contributed by atoms with E-state index < -0.39 is 11.0 Å². The Bertz CT molecular complexity index is 914. The van der Waals surface area contributed by atoms with Gasteiger partial charge in [-0.1, -0.05) is 41.9 Å². The lowest BCUT2D eigenvalue weighted by atomic mass is 9.93. The molecule has 0 bridgehead atoms. The monoisotopic (exact) mass is 416 g/mol. The Morgan fingerprint density at radius 1 is 1.17 bits per heavy atom. The van der Waals surface area contributed by atoms with Gasteiger partial charge in [0.15, 0.2) is 0 Å². The van der Waals surface area contributed by atoms with Gasteiger partial charge < -0.3 is 11.1 Å². The van der Waals surface area contributed by atoms with Crippen LogP contribution in [-0.2, 0) is 9.59 Å². The third-order valence-corrected chi connectivity index (χ3v) is 5.39. The Kier molecular flexibility index (Phi) is 6.46. The van der Waals surface area contributed by atoms with Crippen molar-refractivity contribution in [3.8, 4) is 0 Å². The van der Waals surface area contributed by atoms with Gasteiger partial charge in [0.1, 0.15) is 11.1 Å². The molecule has 1 saturated heterocycles. The summed E-state index contributed by atoms with van der Waals surface area (Å²) in [5.74, 6) is -0.825. The minimum atomic E-state index is -0.597. The van der Waals surface area contributed by atoms with Crippen LogP contribution in [0, 0.1) is 16.0 Å². The van der Waals surface area contributed by atoms with Crippen molar-refractivity contribution in [2.45, 2.75) is 18.9 Å². The molecule has 0 spiro atoms. The largest absolute Gasteiger partial charge is 0.369 e. The lowest BCUT2D eigenvalue weighted by Gasteiger charge is -2.36. The highest BCUT2D eigenvalue weighted by molar-refractivity contribution is 6.32. The number of hydrogen-bond donors (Lipinski definition) is 2. The minimum absolute atomic E-state index is 0.00105. The Labute approximate surface area is 172 Å². The Balaban J connectivity index is 1.83. The highest BCUT2D eigenvalue weighted by atomic mass is 35.5. The summed E-state index contributed by atoms with van der Waals surface area (Å²) in [5.41, 5.74) is 6.22. The molecule has 0 saturated carbocycles. The van der Waals surface area contributed by atoms with E-state index in [4.69, 9.17) is 17.3 Å². The molecule has 1 aliphatic rings. The summed E-state index contributed by atoms with van der Waals surface area (Å²) in [6.07, 6.45) is 1.16. The second kappa shape index (κ2) is 9.02.